The summed E-state index contributed by atoms with van der Waals surface area (Å²) in [6.45, 7) is 10.6. The highest BCUT2D eigenvalue weighted by Gasteiger charge is 2.26. The molecule has 0 radical (unpaired) electrons. The van der Waals surface area contributed by atoms with Gasteiger partial charge < -0.3 is 15.2 Å². The first-order valence-electron chi connectivity index (χ1n) is 9.06. The molecule has 2 N–H and O–H groups in total. The van der Waals surface area contributed by atoms with Gasteiger partial charge in [-0.2, -0.15) is 0 Å². The van der Waals surface area contributed by atoms with E-state index < -0.39 is 0 Å². The highest BCUT2D eigenvalue weighted by molar-refractivity contribution is 4.87. The fourth-order valence-electron chi connectivity index (χ4n) is 2.80. The zero-order valence-electron chi connectivity index (χ0n) is 14.9. The molecule has 0 saturated carbocycles. The molecule has 0 heterocycles. The molecule has 3 heteroatoms. The Morgan fingerprint density at radius 3 is 2.14 bits per heavy atom. The fourth-order valence-corrected chi connectivity index (χ4v) is 2.80. The highest BCUT2D eigenvalue weighted by Crippen LogP contribution is 2.18. The Morgan fingerprint density at radius 1 is 0.952 bits per heavy atom. The van der Waals surface area contributed by atoms with Crippen molar-refractivity contribution in [2.75, 3.05) is 19.8 Å². The van der Waals surface area contributed by atoms with Gasteiger partial charge in [-0.05, 0) is 25.7 Å². The number of aliphatic hydroxyl groups excluding tert-OH is 1. The van der Waals surface area contributed by atoms with E-state index >= 15 is 0 Å². The maximum absolute atomic E-state index is 9.67. The summed E-state index contributed by atoms with van der Waals surface area (Å²) in [6, 6.07) is 0.404. The molecule has 0 aliphatic carbocycles. The summed E-state index contributed by atoms with van der Waals surface area (Å²) in [5, 5.41) is 13.2. The minimum absolute atomic E-state index is 0.127. The van der Waals surface area contributed by atoms with Crippen LogP contribution in [0.3, 0.4) is 0 Å². The van der Waals surface area contributed by atoms with Crippen molar-refractivity contribution in [1.29, 1.82) is 0 Å². The SMILES string of the molecule is CCCCCCCCOCCCC(CC)(CO)NC(C)C. The van der Waals surface area contributed by atoms with E-state index in [0.717, 1.165) is 32.5 Å². The average Bonchev–Trinajstić information content (AvgIpc) is 2.47. The Kier molecular flexibility index (Phi) is 13.5. The summed E-state index contributed by atoms with van der Waals surface area (Å²) in [6.07, 6.45) is 10.8. The van der Waals surface area contributed by atoms with E-state index in [1.807, 2.05) is 0 Å². The predicted molar refractivity (Wildman–Crippen MR) is 91.8 cm³/mol. The molecular formula is C18H39NO2. The number of hydrogen-bond donors (Lipinski definition) is 2. The van der Waals surface area contributed by atoms with Crippen LogP contribution in [0, 0.1) is 0 Å². The Balaban J connectivity index is 3.58. The molecule has 0 aromatic heterocycles. The van der Waals surface area contributed by atoms with Crippen LogP contribution >= 0.6 is 0 Å². The molecule has 3 nitrogen and oxygen atoms in total. The molecule has 0 rings (SSSR count). The summed E-state index contributed by atoms with van der Waals surface area (Å²) in [5.41, 5.74) is -0.127. The van der Waals surface area contributed by atoms with E-state index in [0.29, 0.717) is 6.04 Å². The van der Waals surface area contributed by atoms with E-state index in [1.54, 1.807) is 0 Å². The van der Waals surface area contributed by atoms with Crippen LogP contribution in [0.15, 0.2) is 0 Å². The molecule has 0 aromatic carbocycles. The van der Waals surface area contributed by atoms with Crippen LogP contribution in [0.4, 0.5) is 0 Å². The summed E-state index contributed by atoms with van der Waals surface area (Å²) >= 11 is 0. The fraction of sp³-hybridized carbons (Fsp3) is 1.00. The lowest BCUT2D eigenvalue weighted by atomic mass is 9.90. The van der Waals surface area contributed by atoms with Crippen LogP contribution in [0.2, 0.25) is 0 Å². The zero-order chi connectivity index (χ0) is 16.0. The second-order valence-corrected chi connectivity index (χ2v) is 6.57. The average molecular weight is 302 g/mol. The maximum Gasteiger partial charge on any atom is 0.0613 e. The summed E-state index contributed by atoms with van der Waals surface area (Å²) in [7, 11) is 0. The predicted octanol–water partition coefficient (Wildman–Crippen LogP) is 4.28. The number of nitrogens with one attached hydrogen (secondary N) is 1. The van der Waals surface area contributed by atoms with Gasteiger partial charge in [0.25, 0.3) is 0 Å². The number of ether oxygens (including phenoxy) is 1. The van der Waals surface area contributed by atoms with Gasteiger partial charge in [-0.3, -0.25) is 0 Å². The third-order valence-corrected chi connectivity index (χ3v) is 4.16. The normalized spacial score (nSPS) is 14.6. The Bertz CT molecular complexity index is 215. The Morgan fingerprint density at radius 2 is 1.57 bits per heavy atom. The molecule has 0 amide bonds. The Hall–Kier alpha value is -0.120. The lowest BCUT2D eigenvalue weighted by Gasteiger charge is -2.34. The summed E-state index contributed by atoms with van der Waals surface area (Å²) in [5.74, 6) is 0. The molecule has 128 valence electrons. The highest BCUT2D eigenvalue weighted by atomic mass is 16.5. The smallest absolute Gasteiger partial charge is 0.0613 e. The van der Waals surface area contributed by atoms with Crippen molar-refractivity contribution in [3.05, 3.63) is 0 Å². The molecule has 1 atom stereocenters. The molecule has 0 spiro atoms. The van der Waals surface area contributed by atoms with E-state index in [-0.39, 0.29) is 12.1 Å². The monoisotopic (exact) mass is 301 g/mol. The van der Waals surface area contributed by atoms with Crippen molar-refractivity contribution < 1.29 is 9.84 Å². The molecule has 1 unspecified atom stereocenters. The van der Waals surface area contributed by atoms with Gasteiger partial charge in [-0.25, -0.2) is 0 Å². The molecular weight excluding hydrogens is 262 g/mol. The lowest BCUT2D eigenvalue weighted by Crippen LogP contribution is -2.51. The van der Waals surface area contributed by atoms with Gasteiger partial charge in [0, 0.05) is 24.8 Å². The number of rotatable bonds is 15. The van der Waals surface area contributed by atoms with Crippen molar-refractivity contribution >= 4 is 0 Å². The summed E-state index contributed by atoms with van der Waals surface area (Å²) < 4.78 is 5.72. The molecule has 0 aromatic rings. The first kappa shape index (κ1) is 20.9. The molecule has 0 aliphatic rings. The zero-order valence-corrected chi connectivity index (χ0v) is 14.9. The van der Waals surface area contributed by atoms with Gasteiger partial charge in [0.15, 0.2) is 0 Å². The Labute approximate surface area is 132 Å². The van der Waals surface area contributed by atoms with Gasteiger partial charge in [0.1, 0.15) is 0 Å². The van der Waals surface area contributed by atoms with Crippen molar-refractivity contribution in [1.82, 2.24) is 5.32 Å². The third-order valence-electron chi connectivity index (χ3n) is 4.16. The first-order valence-corrected chi connectivity index (χ1v) is 9.06. The van der Waals surface area contributed by atoms with Crippen LogP contribution in [-0.2, 0) is 4.74 Å². The summed E-state index contributed by atoms with van der Waals surface area (Å²) in [4.78, 5) is 0. The molecule has 0 fully saturated rings. The topological polar surface area (TPSA) is 41.5 Å². The van der Waals surface area contributed by atoms with Crippen molar-refractivity contribution in [2.24, 2.45) is 0 Å². The van der Waals surface area contributed by atoms with Crippen molar-refractivity contribution in [3.63, 3.8) is 0 Å². The number of hydrogen-bond acceptors (Lipinski definition) is 3. The molecule has 21 heavy (non-hydrogen) atoms. The second kappa shape index (κ2) is 13.5. The minimum Gasteiger partial charge on any atom is -0.394 e. The maximum atomic E-state index is 9.67. The van der Waals surface area contributed by atoms with E-state index in [1.165, 1.54) is 38.5 Å². The van der Waals surface area contributed by atoms with Crippen LogP contribution < -0.4 is 5.32 Å². The standard InChI is InChI=1S/C18H39NO2/c1-5-7-8-9-10-11-14-21-15-12-13-18(6-2,16-20)19-17(3)4/h17,19-20H,5-16H2,1-4H3. The van der Waals surface area contributed by atoms with E-state index in [4.69, 9.17) is 4.74 Å². The second-order valence-electron chi connectivity index (χ2n) is 6.57. The van der Waals surface area contributed by atoms with Crippen LogP contribution in [0.25, 0.3) is 0 Å². The van der Waals surface area contributed by atoms with Crippen LogP contribution in [0.1, 0.15) is 85.5 Å². The quantitative estimate of drug-likeness (QED) is 0.444. The van der Waals surface area contributed by atoms with Gasteiger partial charge in [0.05, 0.1) is 6.61 Å². The molecule has 0 aliphatic heterocycles. The lowest BCUT2D eigenvalue weighted by molar-refractivity contribution is 0.0969. The van der Waals surface area contributed by atoms with Gasteiger partial charge in [-0.1, -0.05) is 59.8 Å². The largest absolute Gasteiger partial charge is 0.394 e. The molecule has 0 saturated heterocycles. The van der Waals surface area contributed by atoms with Crippen LogP contribution in [0.5, 0.6) is 0 Å². The van der Waals surface area contributed by atoms with Gasteiger partial charge >= 0.3 is 0 Å². The van der Waals surface area contributed by atoms with Crippen molar-refractivity contribution in [3.8, 4) is 0 Å². The van der Waals surface area contributed by atoms with Crippen LogP contribution in [-0.4, -0.2) is 36.5 Å². The van der Waals surface area contributed by atoms with E-state index in [9.17, 15) is 5.11 Å². The minimum atomic E-state index is -0.127. The molecule has 0 bridgehead atoms. The number of unbranched alkanes of at least 4 members (excludes halogenated alkanes) is 5. The van der Waals surface area contributed by atoms with Crippen molar-refractivity contribution in [2.45, 2.75) is 97.1 Å². The number of aliphatic hydroxyl groups is 1. The van der Waals surface area contributed by atoms with Gasteiger partial charge in [0.2, 0.25) is 0 Å². The van der Waals surface area contributed by atoms with E-state index in [2.05, 4.69) is 33.0 Å². The van der Waals surface area contributed by atoms with Gasteiger partial charge in [-0.15, -0.1) is 0 Å². The first-order chi connectivity index (χ1) is 10.1. The third kappa shape index (κ3) is 11.1.